The van der Waals surface area contributed by atoms with Gasteiger partial charge in [0.1, 0.15) is 5.69 Å². The van der Waals surface area contributed by atoms with Crippen LogP contribution < -0.4 is 5.32 Å². The minimum atomic E-state index is -0.0617. The van der Waals surface area contributed by atoms with Gasteiger partial charge in [-0.2, -0.15) is 0 Å². The molecule has 2 aromatic carbocycles. The van der Waals surface area contributed by atoms with Crippen molar-refractivity contribution in [2.75, 3.05) is 6.54 Å². The number of nitrogens with one attached hydrogen (secondary N) is 2. The molecule has 0 radical (unpaired) electrons. The molecule has 2 N–H and O–H groups in total. The standard InChI is InChI=1S/C20H21ClN2OS/c1-13(2)11-12-22-20(24)18-19(16-5-3-4-6-17(16)23-18)25-15-9-7-14(21)8-10-15/h3-10,13,23H,11-12H2,1-2H3,(H,22,24). The maximum atomic E-state index is 12.7. The summed E-state index contributed by atoms with van der Waals surface area (Å²) in [6, 6.07) is 15.6. The summed E-state index contributed by atoms with van der Waals surface area (Å²) in [5.74, 6) is 0.499. The number of rotatable bonds is 6. The van der Waals surface area contributed by atoms with Crippen molar-refractivity contribution in [1.82, 2.24) is 10.3 Å². The van der Waals surface area contributed by atoms with Gasteiger partial charge >= 0.3 is 0 Å². The first-order valence-electron chi connectivity index (χ1n) is 8.37. The summed E-state index contributed by atoms with van der Waals surface area (Å²) in [6.45, 7) is 4.98. The molecule has 0 atom stereocenters. The molecule has 3 rings (SSSR count). The number of carbonyl (C=O) groups is 1. The van der Waals surface area contributed by atoms with Gasteiger partial charge < -0.3 is 10.3 Å². The average Bonchev–Trinajstić information content (AvgIpc) is 2.95. The molecule has 1 aromatic heterocycles. The number of halogens is 1. The minimum absolute atomic E-state index is 0.0617. The molecule has 3 nitrogen and oxygen atoms in total. The molecule has 0 aliphatic carbocycles. The van der Waals surface area contributed by atoms with Crippen molar-refractivity contribution in [3.8, 4) is 0 Å². The second kappa shape index (κ2) is 7.98. The van der Waals surface area contributed by atoms with E-state index < -0.39 is 0 Å². The predicted molar refractivity (Wildman–Crippen MR) is 106 cm³/mol. The third-order valence-electron chi connectivity index (χ3n) is 3.93. The van der Waals surface area contributed by atoms with E-state index in [2.05, 4.69) is 24.1 Å². The monoisotopic (exact) mass is 372 g/mol. The van der Waals surface area contributed by atoms with Crippen LogP contribution in [0.25, 0.3) is 10.9 Å². The van der Waals surface area contributed by atoms with E-state index in [9.17, 15) is 4.79 Å². The largest absolute Gasteiger partial charge is 0.351 e. The molecule has 0 saturated carbocycles. The Morgan fingerprint density at radius 2 is 1.88 bits per heavy atom. The van der Waals surface area contributed by atoms with Gasteiger partial charge in [-0.25, -0.2) is 0 Å². The summed E-state index contributed by atoms with van der Waals surface area (Å²) in [4.78, 5) is 17.9. The van der Waals surface area contributed by atoms with Crippen molar-refractivity contribution in [1.29, 1.82) is 0 Å². The Kier molecular flexibility index (Phi) is 5.71. The number of fused-ring (bicyclic) bond motifs is 1. The molecule has 0 aliphatic rings. The highest BCUT2D eigenvalue weighted by Crippen LogP contribution is 2.37. The van der Waals surface area contributed by atoms with Crippen LogP contribution in [-0.2, 0) is 0 Å². The van der Waals surface area contributed by atoms with Crippen LogP contribution in [0.4, 0.5) is 0 Å². The Bertz CT molecular complexity index is 871. The van der Waals surface area contributed by atoms with Crippen molar-refractivity contribution >= 4 is 40.2 Å². The molecule has 0 fully saturated rings. The third kappa shape index (κ3) is 4.39. The first-order chi connectivity index (χ1) is 12.0. The zero-order valence-corrected chi connectivity index (χ0v) is 15.9. The lowest BCUT2D eigenvalue weighted by molar-refractivity contribution is 0.0945. The summed E-state index contributed by atoms with van der Waals surface area (Å²) < 4.78 is 0. The van der Waals surface area contributed by atoms with Crippen molar-refractivity contribution in [3.63, 3.8) is 0 Å². The van der Waals surface area contributed by atoms with Gasteiger partial charge in [-0.3, -0.25) is 4.79 Å². The first-order valence-corrected chi connectivity index (χ1v) is 9.56. The van der Waals surface area contributed by atoms with E-state index in [0.29, 0.717) is 23.2 Å². The average molecular weight is 373 g/mol. The predicted octanol–water partition coefficient (Wildman–Crippen LogP) is 5.75. The Labute approximate surface area is 157 Å². The maximum absolute atomic E-state index is 12.7. The van der Waals surface area contributed by atoms with E-state index in [4.69, 9.17) is 11.6 Å². The second-order valence-corrected chi connectivity index (χ2v) is 7.89. The Balaban J connectivity index is 1.91. The zero-order chi connectivity index (χ0) is 17.8. The van der Waals surface area contributed by atoms with Crippen LogP contribution >= 0.6 is 23.4 Å². The number of H-pyrrole nitrogens is 1. The maximum Gasteiger partial charge on any atom is 0.268 e. The summed E-state index contributed by atoms with van der Waals surface area (Å²) in [5, 5.41) is 4.78. The SMILES string of the molecule is CC(C)CCNC(=O)c1[nH]c2ccccc2c1Sc1ccc(Cl)cc1. The van der Waals surface area contributed by atoms with Crippen molar-refractivity contribution in [2.24, 2.45) is 5.92 Å². The molecular weight excluding hydrogens is 352 g/mol. The summed E-state index contributed by atoms with van der Waals surface area (Å²) >= 11 is 7.55. The van der Waals surface area contributed by atoms with Gasteiger partial charge in [0.25, 0.3) is 5.91 Å². The fraction of sp³-hybridized carbons (Fsp3) is 0.250. The Morgan fingerprint density at radius 1 is 1.16 bits per heavy atom. The first kappa shape index (κ1) is 17.9. The number of carbonyl (C=O) groups excluding carboxylic acids is 1. The van der Waals surface area contributed by atoms with Gasteiger partial charge in [0.15, 0.2) is 0 Å². The number of hydrogen-bond donors (Lipinski definition) is 2. The zero-order valence-electron chi connectivity index (χ0n) is 14.3. The van der Waals surface area contributed by atoms with Crippen LogP contribution in [0.2, 0.25) is 5.02 Å². The summed E-state index contributed by atoms with van der Waals surface area (Å²) in [5.41, 5.74) is 1.58. The van der Waals surface area contributed by atoms with Gasteiger partial charge in [-0.1, -0.05) is 55.4 Å². The lowest BCUT2D eigenvalue weighted by atomic mass is 10.1. The lowest BCUT2D eigenvalue weighted by Crippen LogP contribution is -2.26. The molecule has 3 aromatic rings. The fourth-order valence-electron chi connectivity index (χ4n) is 2.57. The van der Waals surface area contributed by atoms with E-state index in [1.54, 1.807) is 11.8 Å². The smallest absolute Gasteiger partial charge is 0.268 e. The van der Waals surface area contributed by atoms with Crippen LogP contribution in [0.15, 0.2) is 58.3 Å². The number of aromatic amines is 1. The Hall–Kier alpha value is -1.91. The molecule has 0 unspecified atom stereocenters. The highest BCUT2D eigenvalue weighted by molar-refractivity contribution is 7.99. The van der Waals surface area contributed by atoms with Crippen LogP contribution in [-0.4, -0.2) is 17.4 Å². The quantitative estimate of drug-likeness (QED) is 0.578. The van der Waals surface area contributed by atoms with E-state index in [1.807, 2.05) is 48.5 Å². The van der Waals surface area contributed by atoms with E-state index in [1.165, 1.54) is 0 Å². The highest BCUT2D eigenvalue weighted by Gasteiger charge is 2.18. The summed E-state index contributed by atoms with van der Waals surface area (Å²) in [6.07, 6.45) is 0.964. The van der Waals surface area contributed by atoms with Crippen molar-refractivity contribution in [2.45, 2.75) is 30.1 Å². The molecule has 25 heavy (non-hydrogen) atoms. The Morgan fingerprint density at radius 3 is 2.60 bits per heavy atom. The normalized spacial score (nSPS) is 11.2. The number of amides is 1. The molecule has 5 heteroatoms. The van der Waals surface area contributed by atoms with Gasteiger partial charge in [-0.15, -0.1) is 0 Å². The highest BCUT2D eigenvalue weighted by atomic mass is 35.5. The minimum Gasteiger partial charge on any atom is -0.351 e. The molecular formula is C20H21ClN2OS. The van der Waals surface area contributed by atoms with Gasteiger partial charge in [0.05, 0.1) is 4.90 Å². The third-order valence-corrected chi connectivity index (χ3v) is 5.31. The van der Waals surface area contributed by atoms with Crippen molar-refractivity contribution < 1.29 is 4.79 Å². The molecule has 1 amide bonds. The molecule has 1 heterocycles. The van der Waals surface area contributed by atoms with Crippen LogP contribution in [0, 0.1) is 5.92 Å². The van der Waals surface area contributed by atoms with E-state index in [-0.39, 0.29) is 5.91 Å². The second-order valence-electron chi connectivity index (χ2n) is 6.37. The topological polar surface area (TPSA) is 44.9 Å². The number of aromatic nitrogens is 1. The van der Waals surface area contributed by atoms with Crippen LogP contribution in [0.1, 0.15) is 30.8 Å². The van der Waals surface area contributed by atoms with Crippen molar-refractivity contribution in [3.05, 3.63) is 59.2 Å². The molecule has 0 saturated heterocycles. The lowest BCUT2D eigenvalue weighted by Gasteiger charge is -2.08. The fourth-order valence-corrected chi connectivity index (χ4v) is 3.73. The van der Waals surface area contributed by atoms with E-state index >= 15 is 0 Å². The molecule has 0 spiro atoms. The molecule has 0 bridgehead atoms. The van der Waals surface area contributed by atoms with Crippen LogP contribution in [0.3, 0.4) is 0 Å². The molecule has 130 valence electrons. The summed E-state index contributed by atoms with van der Waals surface area (Å²) in [7, 11) is 0. The van der Waals surface area contributed by atoms with E-state index in [0.717, 1.165) is 27.1 Å². The number of hydrogen-bond acceptors (Lipinski definition) is 2. The van der Waals surface area contributed by atoms with Gasteiger partial charge in [0.2, 0.25) is 0 Å². The molecule has 0 aliphatic heterocycles. The van der Waals surface area contributed by atoms with Crippen LogP contribution in [0.5, 0.6) is 0 Å². The number of para-hydroxylation sites is 1. The van der Waals surface area contributed by atoms with Gasteiger partial charge in [0, 0.05) is 27.4 Å². The van der Waals surface area contributed by atoms with Gasteiger partial charge in [-0.05, 0) is 42.7 Å². The number of benzene rings is 2.